The Morgan fingerprint density at radius 1 is 1.14 bits per heavy atom. The van der Waals surface area contributed by atoms with Gasteiger partial charge in [0, 0.05) is 29.3 Å². The van der Waals surface area contributed by atoms with Gasteiger partial charge in [-0.2, -0.15) is 0 Å². The van der Waals surface area contributed by atoms with Crippen LogP contribution in [0, 0.1) is 0 Å². The highest BCUT2D eigenvalue weighted by atomic mass is 35.5. The van der Waals surface area contributed by atoms with Crippen LogP contribution in [0.1, 0.15) is 43.8 Å². The third-order valence-electron chi connectivity index (χ3n) is 6.39. The number of primary amides is 1. The van der Waals surface area contributed by atoms with Crippen molar-refractivity contribution in [3.05, 3.63) is 65.0 Å². The van der Waals surface area contributed by atoms with Gasteiger partial charge in [0.15, 0.2) is 0 Å². The molecule has 0 saturated heterocycles. The van der Waals surface area contributed by atoms with Crippen LogP contribution in [0.25, 0.3) is 38.2 Å². The molecule has 1 aromatic carbocycles. The second-order valence-corrected chi connectivity index (χ2v) is 10.1. The molecule has 8 nitrogen and oxygen atoms in total. The highest BCUT2D eigenvalue weighted by molar-refractivity contribution is 7.13. The van der Waals surface area contributed by atoms with Gasteiger partial charge < -0.3 is 16.6 Å². The molecule has 1 aliphatic rings. The molecule has 6 rings (SSSR count). The minimum atomic E-state index is -1.33. The number of hydrogen-bond acceptors (Lipinski definition) is 6. The standard InChI is InChI=1S/C25H22ClN5S.CH3NO2/c26-18-13-16-8-9-19(21-7-4-12-32-21)29-20(16)14-17(18)22-23-24(27)28-10-11-31(23)25(30-22)15-5-2-1-3-6-15;2-1(3)4/h4,7-15H,1-3,5-6H2,(H2,27,28);2H2,(H,3,4). The maximum Gasteiger partial charge on any atom is 0.402 e. The summed E-state index contributed by atoms with van der Waals surface area (Å²) in [6, 6.07) is 12.2. The van der Waals surface area contributed by atoms with Crippen LogP contribution in [0.4, 0.5) is 10.6 Å². The summed E-state index contributed by atoms with van der Waals surface area (Å²) in [7, 11) is 0. The molecule has 0 atom stereocenters. The van der Waals surface area contributed by atoms with E-state index in [1.165, 1.54) is 19.3 Å². The molecule has 1 saturated carbocycles. The quantitative estimate of drug-likeness (QED) is 0.246. The smallest absolute Gasteiger partial charge is 0.402 e. The summed E-state index contributed by atoms with van der Waals surface area (Å²) in [6.45, 7) is 0. The molecule has 1 fully saturated rings. The van der Waals surface area contributed by atoms with Gasteiger partial charge in [-0.25, -0.2) is 19.7 Å². The monoisotopic (exact) mass is 520 g/mol. The maximum absolute atomic E-state index is 8.78. The second kappa shape index (κ2) is 10.1. The van der Waals surface area contributed by atoms with Crippen molar-refractivity contribution in [2.45, 2.75) is 38.0 Å². The summed E-state index contributed by atoms with van der Waals surface area (Å²) in [5.41, 5.74) is 14.7. The van der Waals surface area contributed by atoms with Crippen molar-refractivity contribution in [2.24, 2.45) is 5.73 Å². The molecule has 0 unspecified atom stereocenters. The van der Waals surface area contributed by atoms with E-state index in [0.29, 0.717) is 16.8 Å². The molecule has 0 bridgehead atoms. The van der Waals surface area contributed by atoms with Crippen molar-refractivity contribution in [2.75, 3.05) is 5.73 Å². The van der Waals surface area contributed by atoms with E-state index >= 15 is 0 Å². The summed E-state index contributed by atoms with van der Waals surface area (Å²) < 4.78 is 2.11. The number of carboxylic acid groups (broad SMARTS) is 1. The molecular weight excluding hydrogens is 496 g/mol. The van der Waals surface area contributed by atoms with Crippen molar-refractivity contribution >= 4 is 51.3 Å². The summed E-state index contributed by atoms with van der Waals surface area (Å²) in [5.74, 6) is 1.95. The van der Waals surface area contributed by atoms with Crippen LogP contribution in [-0.2, 0) is 0 Å². The van der Waals surface area contributed by atoms with E-state index in [0.717, 1.165) is 56.9 Å². The van der Waals surface area contributed by atoms with Crippen LogP contribution >= 0.6 is 22.9 Å². The third-order valence-corrected chi connectivity index (χ3v) is 7.59. The number of anilines is 1. The Labute approximate surface area is 216 Å². The molecule has 0 spiro atoms. The maximum atomic E-state index is 8.78. The summed E-state index contributed by atoms with van der Waals surface area (Å²) >= 11 is 8.47. The van der Waals surface area contributed by atoms with Crippen LogP contribution in [0.2, 0.25) is 5.02 Å². The first kappa shape index (κ1) is 24.0. The predicted octanol–water partition coefficient (Wildman–Crippen LogP) is 6.58. The Bertz CT molecular complexity index is 1540. The van der Waals surface area contributed by atoms with Crippen LogP contribution in [-0.4, -0.2) is 30.6 Å². The fourth-order valence-electron chi connectivity index (χ4n) is 4.81. The zero-order valence-corrected chi connectivity index (χ0v) is 21.0. The van der Waals surface area contributed by atoms with Crippen LogP contribution < -0.4 is 11.5 Å². The fraction of sp³-hybridized carbons (Fsp3) is 0.231. The summed E-state index contributed by atoms with van der Waals surface area (Å²) in [6.07, 6.45) is 8.45. The third kappa shape index (κ3) is 4.72. The Morgan fingerprint density at radius 2 is 1.92 bits per heavy atom. The predicted molar refractivity (Wildman–Crippen MR) is 144 cm³/mol. The highest BCUT2D eigenvalue weighted by Crippen LogP contribution is 2.40. The number of imidazole rings is 1. The SMILES string of the molecule is NC(=O)O.Nc1nccn2c(C3CCCCC3)nc(-c3cc4nc(-c5cccs5)ccc4cc3Cl)c12. The molecule has 4 aromatic heterocycles. The number of halogens is 1. The van der Waals surface area contributed by atoms with Crippen molar-refractivity contribution in [1.82, 2.24) is 19.4 Å². The second-order valence-electron chi connectivity index (χ2n) is 8.72. The van der Waals surface area contributed by atoms with Gasteiger partial charge in [0.1, 0.15) is 22.9 Å². The minimum Gasteiger partial charge on any atom is -0.465 e. The van der Waals surface area contributed by atoms with E-state index in [9.17, 15) is 0 Å². The Hall–Kier alpha value is -3.69. The molecule has 5 N–H and O–H groups in total. The minimum absolute atomic E-state index is 0.426. The number of rotatable bonds is 3. The lowest BCUT2D eigenvalue weighted by molar-refractivity contribution is 0.205. The first-order valence-electron chi connectivity index (χ1n) is 11.7. The topological polar surface area (TPSA) is 132 Å². The number of fused-ring (bicyclic) bond motifs is 2. The molecule has 4 heterocycles. The average molecular weight is 521 g/mol. The van der Waals surface area contributed by atoms with Gasteiger partial charge in [-0.3, -0.25) is 4.40 Å². The van der Waals surface area contributed by atoms with E-state index in [2.05, 4.69) is 32.6 Å². The van der Waals surface area contributed by atoms with Crippen molar-refractivity contribution < 1.29 is 9.90 Å². The molecule has 36 heavy (non-hydrogen) atoms. The number of amides is 1. The number of hydrogen-bond donors (Lipinski definition) is 3. The summed E-state index contributed by atoms with van der Waals surface area (Å²) in [4.78, 5) is 24.3. The molecule has 5 aromatic rings. The van der Waals surface area contributed by atoms with Gasteiger partial charge in [0.2, 0.25) is 0 Å². The van der Waals surface area contributed by atoms with Gasteiger partial charge in [0.05, 0.1) is 21.1 Å². The van der Waals surface area contributed by atoms with Gasteiger partial charge in [0.25, 0.3) is 0 Å². The number of pyridine rings is 1. The lowest BCUT2D eigenvalue weighted by atomic mass is 9.89. The van der Waals surface area contributed by atoms with Gasteiger partial charge in [-0.15, -0.1) is 11.3 Å². The van der Waals surface area contributed by atoms with Crippen molar-refractivity contribution in [3.8, 4) is 21.8 Å². The van der Waals surface area contributed by atoms with E-state index in [1.54, 1.807) is 17.5 Å². The average Bonchev–Trinajstić information content (AvgIpc) is 3.53. The van der Waals surface area contributed by atoms with E-state index in [1.807, 2.05) is 30.5 Å². The number of benzene rings is 1. The van der Waals surface area contributed by atoms with Crippen LogP contribution in [0.5, 0.6) is 0 Å². The molecular formula is C26H25ClN6O2S. The first-order chi connectivity index (χ1) is 17.4. The number of carbonyl (C=O) groups is 1. The number of thiophene rings is 1. The Morgan fingerprint density at radius 3 is 2.64 bits per heavy atom. The van der Waals surface area contributed by atoms with E-state index < -0.39 is 6.09 Å². The largest absolute Gasteiger partial charge is 0.465 e. The van der Waals surface area contributed by atoms with Gasteiger partial charge in [-0.1, -0.05) is 43.0 Å². The molecule has 184 valence electrons. The molecule has 1 aliphatic carbocycles. The molecule has 0 radical (unpaired) electrons. The molecule has 10 heteroatoms. The van der Waals surface area contributed by atoms with Crippen molar-refractivity contribution in [3.63, 3.8) is 0 Å². The van der Waals surface area contributed by atoms with E-state index in [-0.39, 0.29) is 0 Å². The number of nitrogen functional groups attached to an aromatic ring is 1. The number of nitrogens with two attached hydrogens (primary N) is 2. The van der Waals surface area contributed by atoms with Crippen LogP contribution in [0.3, 0.4) is 0 Å². The zero-order valence-electron chi connectivity index (χ0n) is 19.4. The van der Waals surface area contributed by atoms with Crippen molar-refractivity contribution in [1.29, 1.82) is 0 Å². The van der Waals surface area contributed by atoms with E-state index in [4.69, 9.17) is 37.2 Å². The van der Waals surface area contributed by atoms with Gasteiger partial charge >= 0.3 is 6.09 Å². The summed E-state index contributed by atoms with van der Waals surface area (Å²) in [5, 5.41) is 10.9. The Kier molecular flexibility index (Phi) is 6.75. The zero-order chi connectivity index (χ0) is 25.2. The first-order valence-corrected chi connectivity index (χ1v) is 12.9. The molecule has 0 aliphatic heterocycles. The normalized spacial score (nSPS) is 14.0. The number of aromatic nitrogens is 4. The lowest BCUT2D eigenvalue weighted by Gasteiger charge is -2.20. The Balaban J connectivity index is 0.000000623. The molecule has 1 amide bonds. The highest BCUT2D eigenvalue weighted by Gasteiger charge is 2.25. The lowest BCUT2D eigenvalue weighted by Crippen LogP contribution is -2.09. The fourth-order valence-corrected chi connectivity index (χ4v) is 5.77. The van der Waals surface area contributed by atoms with Crippen LogP contribution in [0.15, 0.2) is 54.2 Å². The number of nitrogens with zero attached hydrogens (tertiary/aromatic N) is 4. The van der Waals surface area contributed by atoms with Gasteiger partial charge in [-0.05, 0) is 42.5 Å².